The molecule has 0 atom stereocenters. The van der Waals surface area contributed by atoms with Crippen molar-refractivity contribution in [3.63, 3.8) is 0 Å². The van der Waals surface area contributed by atoms with Gasteiger partial charge in [0.1, 0.15) is 0 Å². The van der Waals surface area contributed by atoms with E-state index in [4.69, 9.17) is 4.52 Å². The highest BCUT2D eigenvalue weighted by atomic mass is 19.2. The quantitative estimate of drug-likeness (QED) is 0.541. The summed E-state index contributed by atoms with van der Waals surface area (Å²) in [5.41, 5.74) is 1.98. The molecule has 0 aliphatic carbocycles. The van der Waals surface area contributed by atoms with Gasteiger partial charge < -0.3 is 4.52 Å². The van der Waals surface area contributed by atoms with Crippen LogP contribution in [0, 0.1) is 18.6 Å². The average Bonchev–Trinajstić information content (AvgIpc) is 3.12. The number of nitrogens with zero attached hydrogens (tertiary/aromatic N) is 4. The first-order chi connectivity index (χ1) is 13.5. The Labute approximate surface area is 158 Å². The summed E-state index contributed by atoms with van der Waals surface area (Å²) >= 11 is 0. The van der Waals surface area contributed by atoms with Crippen LogP contribution in [0.1, 0.15) is 11.5 Å². The molecule has 2 aromatic carbocycles. The summed E-state index contributed by atoms with van der Waals surface area (Å²) in [6, 6.07) is 13.6. The summed E-state index contributed by atoms with van der Waals surface area (Å²) in [6.07, 6.45) is 0. The Morgan fingerprint density at radius 2 is 1.86 bits per heavy atom. The molecule has 0 aliphatic rings. The Morgan fingerprint density at radius 1 is 1.00 bits per heavy atom. The monoisotopic (exact) mass is 380 g/mol. The van der Waals surface area contributed by atoms with Crippen LogP contribution >= 0.6 is 0 Å². The van der Waals surface area contributed by atoms with Crippen molar-refractivity contribution in [2.45, 2.75) is 13.5 Å². The zero-order valence-electron chi connectivity index (χ0n) is 14.8. The van der Waals surface area contributed by atoms with E-state index in [0.717, 1.165) is 23.3 Å². The molecular formula is C20H14F2N4O2. The van der Waals surface area contributed by atoms with E-state index in [1.165, 1.54) is 22.9 Å². The highest BCUT2D eigenvalue weighted by molar-refractivity contribution is 5.58. The van der Waals surface area contributed by atoms with Crippen molar-refractivity contribution in [1.82, 2.24) is 19.9 Å². The lowest BCUT2D eigenvalue weighted by Crippen LogP contribution is -2.22. The van der Waals surface area contributed by atoms with Crippen molar-refractivity contribution in [1.29, 1.82) is 0 Å². The first-order valence-electron chi connectivity index (χ1n) is 8.43. The highest BCUT2D eigenvalue weighted by Crippen LogP contribution is 2.20. The topological polar surface area (TPSA) is 73.8 Å². The number of hydrogen-bond donors (Lipinski definition) is 0. The van der Waals surface area contributed by atoms with Gasteiger partial charge in [-0.25, -0.2) is 13.5 Å². The zero-order valence-corrected chi connectivity index (χ0v) is 14.8. The molecule has 4 rings (SSSR count). The van der Waals surface area contributed by atoms with E-state index in [9.17, 15) is 13.6 Å². The van der Waals surface area contributed by atoms with E-state index >= 15 is 0 Å². The van der Waals surface area contributed by atoms with Gasteiger partial charge in [0.15, 0.2) is 11.6 Å². The van der Waals surface area contributed by atoms with Gasteiger partial charge in [0.05, 0.1) is 12.2 Å². The Bertz CT molecular complexity index is 1220. The minimum absolute atomic E-state index is 0.195. The van der Waals surface area contributed by atoms with Gasteiger partial charge in [-0.1, -0.05) is 23.4 Å². The Morgan fingerprint density at radius 3 is 2.61 bits per heavy atom. The summed E-state index contributed by atoms with van der Waals surface area (Å²) < 4.78 is 32.9. The van der Waals surface area contributed by atoms with Crippen LogP contribution in [0.5, 0.6) is 0 Å². The van der Waals surface area contributed by atoms with Crippen LogP contribution < -0.4 is 5.56 Å². The van der Waals surface area contributed by atoms with Crippen molar-refractivity contribution < 1.29 is 13.3 Å². The third-order valence-electron chi connectivity index (χ3n) is 4.13. The van der Waals surface area contributed by atoms with Crippen molar-refractivity contribution in [3.05, 3.63) is 88.0 Å². The van der Waals surface area contributed by atoms with Crippen LogP contribution in [0.3, 0.4) is 0 Å². The third kappa shape index (κ3) is 3.57. The van der Waals surface area contributed by atoms with Gasteiger partial charge in [0.25, 0.3) is 5.56 Å². The molecular weight excluding hydrogens is 366 g/mol. The van der Waals surface area contributed by atoms with Crippen molar-refractivity contribution >= 4 is 0 Å². The lowest BCUT2D eigenvalue weighted by atomic mass is 10.1. The SMILES string of the molecule is Cc1nc(-c2cccc(Cn3nc(-c4ccc(F)c(F)c4)ccc3=O)c2)no1. The van der Waals surface area contributed by atoms with Crippen LogP contribution in [0.15, 0.2) is 63.9 Å². The lowest BCUT2D eigenvalue weighted by molar-refractivity contribution is 0.394. The molecule has 2 heterocycles. The second kappa shape index (κ2) is 7.15. The standard InChI is InChI=1S/C20H14F2N4O2/c1-12-23-20(25-28-12)15-4-2-3-13(9-15)11-26-19(27)8-7-18(24-26)14-5-6-16(21)17(22)10-14/h2-10H,11H2,1H3. The molecule has 0 N–H and O–H groups in total. The molecule has 4 aromatic rings. The fourth-order valence-corrected chi connectivity index (χ4v) is 2.77. The molecule has 0 aliphatic heterocycles. The first kappa shape index (κ1) is 17.7. The number of hydrogen-bond acceptors (Lipinski definition) is 5. The molecule has 0 saturated heterocycles. The lowest BCUT2D eigenvalue weighted by Gasteiger charge is -2.08. The Kier molecular flexibility index (Phi) is 4.52. The molecule has 0 bridgehead atoms. The van der Waals surface area contributed by atoms with Crippen LogP contribution in [0.25, 0.3) is 22.6 Å². The van der Waals surface area contributed by atoms with E-state index in [0.29, 0.717) is 23.0 Å². The normalized spacial score (nSPS) is 11.0. The maximum Gasteiger partial charge on any atom is 0.267 e. The van der Waals surface area contributed by atoms with Gasteiger partial charge in [0.2, 0.25) is 11.7 Å². The van der Waals surface area contributed by atoms with Gasteiger partial charge >= 0.3 is 0 Å². The number of rotatable bonds is 4. The molecule has 0 radical (unpaired) electrons. The number of aryl methyl sites for hydroxylation is 1. The first-order valence-corrected chi connectivity index (χ1v) is 8.43. The summed E-state index contributed by atoms with van der Waals surface area (Å²) in [6.45, 7) is 1.90. The molecule has 6 nitrogen and oxygen atoms in total. The van der Waals surface area contributed by atoms with E-state index in [2.05, 4.69) is 15.2 Å². The predicted molar refractivity (Wildman–Crippen MR) is 97.4 cm³/mol. The minimum atomic E-state index is -0.972. The summed E-state index contributed by atoms with van der Waals surface area (Å²) in [4.78, 5) is 16.4. The second-order valence-corrected chi connectivity index (χ2v) is 6.18. The molecule has 0 saturated carbocycles. The van der Waals surface area contributed by atoms with Crippen LogP contribution in [0.4, 0.5) is 8.78 Å². The smallest absolute Gasteiger partial charge is 0.267 e. The van der Waals surface area contributed by atoms with Crippen LogP contribution in [0.2, 0.25) is 0 Å². The van der Waals surface area contributed by atoms with Crippen LogP contribution in [-0.4, -0.2) is 19.9 Å². The Hall–Kier alpha value is -3.68. The molecule has 2 aromatic heterocycles. The maximum atomic E-state index is 13.5. The van der Waals surface area contributed by atoms with Gasteiger partial charge in [-0.2, -0.15) is 10.1 Å². The average molecular weight is 380 g/mol. The summed E-state index contributed by atoms with van der Waals surface area (Å²) in [5, 5.41) is 8.16. The number of halogens is 2. The molecule has 28 heavy (non-hydrogen) atoms. The minimum Gasteiger partial charge on any atom is -0.339 e. The molecule has 0 unspecified atom stereocenters. The fraction of sp³-hybridized carbons (Fsp3) is 0.100. The van der Waals surface area contributed by atoms with Gasteiger partial charge in [-0.3, -0.25) is 4.79 Å². The van der Waals surface area contributed by atoms with E-state index in [-0.39, 0.29) is 12.1 Å². The largest absolute Gasteiger partial charge is 0.339 e. The highest BCUT2D eigenvalue weighted by Gasteiger charge is 2.10. The van der Waals surface area contributed by atoms with E-state index < -0.39 is 11.6 Å². The summed E-state index contributed by atoms with van der Waals surface area (Å²) in [7, 11) is 0. The third-order valence-corrected chi connectivity index (χ3v) is 4.13. The van der Waals surface area contributed by atoms with Crippen LogP contribution in [-0.2, 0) is 6.54 Å². The molecule has 0 amide bonds. The predicted octanol–water partition coefficient (Wildman–Crippen LogP) is 3.60. The molecule has 140 valence electrons. The zero-order chi connectivity index (χ0) is 19.7. The summed E-state index contributed by atoms with van der Waals surface area (Å²) in [5.74, 6) is -1.00. The molecule has 8 heteroatoms. The van der Waals surface area contributed by atoms with E-state index in [1.54, 1.807) is 6.92 Å². The van der Waals surface area contributed by atoms with Crippen molar-refractivity contribution in [2.24, 2.45) is 0 Å². The van der Waals surface area contributed by atoms with Gasteiger partial charge in [0, 0.05) is 24.1 Å². The van der Waals surface area contributed by atoms with E-state index in [1.807, 2.05) is 24.3 Å². The van der Waals surface area contributed by atoms with Crippen molar-refractivity contribution in [3.8, 4) is 22.6 Å². The van der Waals surface area contributed by atoms with Gasteiger partial charge in [-0.05, 0) is 35.9 Å². The number of aromatic nitrogens is 4. The fourth-order valence-electron chi connectivity index (χ4n) is 2.77. The Balaban J connectivity index is 1.67. The maximum absolute atomic E-state index is 13.5. The molecule has 0 fully saturated rings. The second-order valence-electron chi connectivity index (χ2n) is 6.18. The van der Waals surface area contributed by atoms with Crippen molar-refractivity contribution in [2.75, 3.05) is 0 Å². The van der Waals surface area contributed by atoms with Gasteiger partial charge in [-0.15, -0.1) is 0 Å². The molecule has 0 spiro atoms. The number of benzene rings is 2.